The van der Waals surface area contributed by atoms with E-state index in [1.807, 2.05) is 60.6 Å². The highest BCUT2D eigenvalue weighted by Crippen LogP contribution is 2.32. The maximum absolute atomic E-state index is 15.1. The summed E-state index contributed by atoms with van der Waals surface area (Å²) in [7, 11) is 0. The Balaban J connectivity index is 0.978. The van der Waals surface area contributed by atoms with Gasteiger partial charge in [0.1, 0.15) is 29.6 Å². The number of amides is 1. The molecule has 0 radical (unpaired) electrons. The Morgan fingerprint density at radius 2 is 1.82 bits per heavy atom. The van der Waals surface area contributed by atoms with Crippen LogP contribution in [0.2, 0.25) is 0 Å². The maximum atomic E-state index is 15.1. The molecule has 0 spiro atoms. The maximum Gasteiger partial charge on any atom is 0.410 e. The van der Waals surface area contributed by atoms with E-state index in [4.69, 9.17) is 9.47 Å². The van der Waals surface area contributed by atoms with Gasteiger partial charge < -0.3 is 24.3 Å². The van der Waals surface area contributed by atoms with Gasteiger partial charge in [0, 0.05) is 55.7 Å². The van der Waals surface area contributed by atoms with Crippen molar-refractivity contribution in [2.75, 3.05) is 31.6 Å². The minimum absolute atomic E-state index is 0.0379. The zero-order chi connectivity index (χ0) is 34.1. The summed E-state index contributed by atoms with van der Waals surface area (Å²) in [6.45, 7) is 9.09. The van der Waals surface area contributed by atoms with Crippen molar-refractivity contribution in [1.29, 1.82) is 0 Å². The van der Waals surface area contributed by atoms with Gasteiger partial charge in [-0.25, -0.2) is 33.5 Å². The van der Waals surface area contributed by atoms with Gasteiger partial charge in [-0.2, -0.15) is 0 Å². The number of morpholine rings is 1. The zero-order valence-corrected chi connectivity index (χ0v) is 27.6. The normalized spacial score (nSPS) is 18.1. The molecule has 0 bridgehead atoms. The highest BCUT2D eigenvalue weighted by atomic mass is 19.1. The molecule has 11 nitrogen and oxygen atoms in total. The molecule has 3 aromatic heterocycles. The van der Waals surface area contributed by atoms with E-state index in [9.17, 15) is 4.79 Å². The number of hydrogen-bond donors (Lipinski definition) is 1. The number of aromatic nitrogens is 5. The molecule has 2 aromatic carbocycles. The smallest absolute Gasteiger partial charge is 0.410 e. The molecule has 13 heteroatoms. The minimum atomic E-state index is -0.578. The van der Waals surface area contributed by atoms with Crippen LogP contribution in [0.15, 0.2) is 67.1 Å². The number of carbonyl (C=O) groups is 1. The standard InChI is InChI=1S/C36H38F2N8O3/c1-22(2)46-23(3)42-34-28(37)13-26(14-31(34)46)27-15-33(39-18-29(27)38)43-35-40-16-25(17-41-35)19-44-10-9-30-32(20-44)48-12-11-45(30)36(47)49-21-24-7-5-4-6-8-24/h4-8,13-18,22,30,32H,9-12,19-21H2,1-3H3,(H,39,40,41,43)/t30-,32-/m0/s1. The minimum Gasteiger partial charge on any atom is -0.445 e. The number of aryl methyl sites for hydroxylation is 1. The number of carbonyl (C=O) groups excluding carboxylic acids is 1. The highest BCUT2D eigenvalue weighted by molar-refractivity contribution is 5.84. The molecule has 0 unspecified atom stereocenters. The first-order chi connectivity index (χ1) is 23.7. The number of likely N-dealkylation sites (tertiary alicyclic amines) is 1. The predicted molar refractivity (Wildman–Crippen MR) is 180 cm³/mol. The van der Waals surface area contributed by atoms with Crippen LogP contribution in [0, 0.1) is 18.6 Å². The molecule has 5 aromatic rings. The first-order valence-electron chi connectivity index (χ1n) is 16.5. The van der Waals surface area contributed by atoms with E-state index < -0.39 is 11.6 Å². The average molecular weight is 669 g/mol. The number of rotatable bonds is 8. The lowest BCUT2D eigenvalue weighted by Crippen LogP contribution is -2.60. The Morgan fingerprint density at radius 3 is 2.59 bits per heavy atom. The van der Waals surface area contributed by atoms with E-state index in [1.165, 1.54) is 12.1 Å². The molecule has 7 rings (SSSR count). The van der Waals surface area contributed by atoms with Gasteiger partial charge in [-0.05, 0) is 56.5 Å². The number of pyridine rings is 1. The van der Waals surface area contributed by atoms with Crippen molar-refractivity contribution in [1.82, 2.24) is 34.3 Å². The molecule has 2 aliphatic heterocycles. The number of ether oxygens (including phenoxy) is 2. The fourth-order valence-corrected chi connectivity index (χ4v) is 6.81. The number of halogens is 2. The van der Waals surface area contributed by atoms with Crippen LogP contribution in [0.1, 0.15) is 43.3 Å². The molecule has 0 aliphatic carbocycles. The van der Waals surface area contributed by atoms with Crippen LogP contribution in [0.5, 0.6) is 0 Å². The van der Waals surface area contributed by atoms with Crippen LogP contribution < -0.4 is 5.32 Å². The van der Waals surface area contributed by atoms with Crippen molar-refractivity contribution in [2.24, 2.45) is 0 Å². The number of nitrogens with one attached hydrogen (secondary N) is 1. The lowest BCUT2D eigenvalue weighted by Gasteiger charge is -2.46. The van der Waals surface area contributed by atoms with E-state index >= 15 is 8.78 Å². The van der Waals surface area contributed by atoms with E-state index in [0.717, 1.165) is 30.3 Å². The first-order valence-corrected chi connectivity index (χ1v) is 16.5. The van der Waals surface area contributed by atoms with Crippen LogP contribution in [0.4, 0.5) is 25.3 Å². The molecule has 1 amide bonds. The van der Waals surface area contributed by atoms with Crippen LogP contribution in [-0.2, 0) is 22.6 Å². The van der Waals surface area contributed by atoms with Gasteiger partial charge in [0.25, 0.3) is 0 Å². The van der Waals surface area contributed by atoms with Gasteiger partial charge in [-0.3, -0.25) is 4.90 Å². The second-order valence-electron chi connectivity index (χ2n) is 12.8. The van der Waals surface area contributed by atoms with Gasteiger partial charge in [0.15, 0.2) is 5.82 Å². The number of nitrogens with zero attached hydrogens (tertiary/aromatic N) is 7. The van der Waals surface area contributed by atoms with E-state index in [1.54, 1.807) is 18.5 Å². The summed E-state index contributed by atoms with van der Waals surface area (Å²) in [4.78, 5) is 34.5. The second-order valence-corrected chi connectivity index (χ2v) is 12.8. The largest absolute Gasteiger partial charge is 0.445 e. The van der Waals surface area contributed by atoms with E-state index in [-0.39, 0.29) is 42.0 Å². The van der Waals surface area contributed by atoms with Crippen molar-refractivity contribution >= 4 is 28.9 Å². The number of benzene rings is 2. The molecule has 254 valence electrons. The fourth-order valence-electron chi connectivity index (χ4n) is 6.81. The van der Waals surface area contributed by atoms with Gasteiger partial charge in [0.05, 0.1) is 30.5 Å². The zero-order valence-electron chi connectivity index (χ0n) is 27.6. The number of fused-ring (bicyclic) bond motifs is 2. The quantitative estimate of drug-likeness (QED) is 0.201. The topological polar surface area (TPSA) is 111 Å². The van der Waals surface area contributed by atoms with Gasteiger partial charge in [-0.15, -0.1) is 0 Å². The van der Waals surface area contributed by atoms with Crippen molar-refractivity contribution in [3.05, 3.63) is 95.7 Å². The summed E-state index contributed by atoms with van der Waals surface area (Å²) in [5.74, 6) is 0.210. The van der Waals surface area contributed by atoms with Crippen molar-refractivity contribution in [3.63, 3.8) is 0 Å². The molecule has 0 saturated carbocycles. The molecule has 49 heavy (non-hydrogen) atoms. The van der Waals surface area contributed by atoms with Crippen molar-refractivity contribution < 1.29 is 23.0 Å². The molecular formula is C36H38F2N8O3. The molecule has 2 aliphatic rings. The SMILES string of the molecule is Cc1nc2c(F)cc(-c3cc(Nc4ncc(CN5CC[C@H]6[C@H](C5)OCCN6C(=O)OCc5ccccc5)cn4)ncc3F)cc2n1C(C)C. The molecule has 2 saturated heterocycles. The number of anilines is 2. The summed E-state index contributed by atoms with van der Waals surface area (Å²) < 4.78 is 43.8. The monoisotopic (exact) mass is 668 g/mol. The Bertz CT molecular complexity index is 1950. The molecule has 2 fully saturated rings. The van der Waals surface area contributed by atoms with Gasteiger partial charge >= 0.3 is 6.09 Å². The molecule has 1 N–H and O–H groups in total. The molecule has 2 atom stereocenters. The van der Waals surface area contributed by atoms with Crippen molar-refractivity contribution in [3.8, 4) is 11.1 Å². The summed E-state index contributed by atoms with van der Waals surface area (Å²) in [6, 6.07) is 14.2. The summed E-state index contributed by atoms with van der Waals surface area (Å²) >= 11 is 0. The summed E-state index contributed by atoms with van der Waals surface area (Å²) in [6.07, 6.45) is 4.91. The Morgan fingerprint density at radius 1 is 1.02 bits per heavy atom. The van der Waals surface area contributed by atoms with Crippen LogP contribution in [-0.4, -0.2) is 78.8 Å². The highest BCUT2D eigenvalue weighted by Gasteiger charge is 2.39. The fraction of sp³-hybridized carbons (Fsp3) is 0.361. The summed E-state index contributed by atoms with van der Waals surface area (Å²) in [5, 5.41) is 3.04. The average Bonchev–Trinajstić information content (AvgIpc) is 3.45. The third-order valence-corrected chi connectivity index (χ3v) is 9.07. The number of hydrogen-bond acceptors (Lipinski definition) is 9. The van der Waals surface area contributed by atoms with E-state index in [2.05, 4.69) is 30.2 Å². The molecular weight excluding hydrogens is 630 g/mol. The third kappa shape index (κ3) is 6.94. The van der Waals surface area contributed by atoms with Gasteiger partial charge in [0.2, 0.25) is 5.95 Å². The lowest BCUT2D eigenvalue weighted by molar-refractivity contribution is -0.0991. The van der Waals surface area contributed by atoms with Crippen molar-refractivity contribution in [2.45, 2.75) is 58.5 Å². The first kappa shape index (κ1) is 32.5. The van der Waals surface area contributed by atoms with Crippen LogP contribution in [0.25, 0.3) is 22.2 Å². The Hall–Kier alpha value is -5.01. The van der Waals surface area contributed by atoms with Crippen LogP contribution >= 0.6 is 0 Å². The number of imidazole rings is 1. The number of piperidine rings is 1. The third-order valence-electron chi connectivity index (χ3n) is 9.07. The predicted octanol–water partition coefficient (Wildman–Crippen LogP) is 6.41. The second kappa shape index (κ2) is 13.8. The Labute approximate surface area is 282 Å². The Kier molecular flexibility index (Phi) is 9.19. The van der Waals surface area contributed by atoms with Crippen LogP contribution in [0.3, 0.4) is 0 Å². The van der Waals surface area contributed by atoms with E-state index in [0.29, 0.717) is 54.9 Å². The van der Waals surface area contributed by atoms with Gasteiger partial charge in [-0.1, -0.05) is 30.3 Å². The molecule has 5 heterocycles. The summed E-state index contributed by atoms with van der Waals surface area (Å²) in [5.41, 5.74) is 3.29. The lowest BCUT2D eigenvalue weighted by atomic mass is 9.98.